The van der Waals surface area contributed by atoms with Gasteiger partial charge in [0.15, 0.2) is 0 Å². The second kappa shape index (κ2) is 9.09. The van der Waals surface area contributed by atoms with Crippen LogP contribution in [0.15, 0.2) is 60.8 Å². The molecule has 1 heterocycles. The van der Waals surface area contributed by atoms with Crippen molar-refractivity contribution < 1.29 is 23.7 Å². The largest absolute Gasteiger partial charge is 0.497 e. The Hall–Kier alpha value is -3.52. The average Bonchev–Trinajstić information content (AvgIpc) is 3.18. The maximum absolute atomic E-state index is 13.1. The van der Waals surface area contributed by atoms with E-state index in [9.17, 15) is 14.4 Å². The molecular weight excluding hydrogens is 410 g/mol. The lowest BCUT2D eigenvalue weighted by atomic mass is 10.1. The van der Waals surface area contributed by atoms with Gasteiger partial charge in [-0.2, -0.15) is 9.37 Å². The van der Waals surface area contributed by atoms with Gasteiger partial charge in [-0.25, -0.2) is 5.32 Å². The zero-order valence-electron chi connectivity index (χ0n) is 18.0. The highest BCUT2D eigenvalue weighted by atomic mass is 28.3. The molecule has 1 atom stereocenters. The van der Waals surface area contributed by atoms with Crippen molar-refractivity contribution in [3.63, 3.8) is 0 Å². The molecule has 0 fully saturated rings. The third-order valence-corrected chi connectivity index (χ3v) is 6.96. The molecule has 160 valence electrons. The Morgan fingerprint density at radius 1 is 1.00 bits per heavy atom. The van der Waals surface area contributed by atoms with E-state index in [4.69, 9.17) is 4.74 Å². The Bertz CT molecular complexity index is 1050. The highest BCUT2D eigenvalue weighted by molar-refractivity contribution is 6.88. The first-order valence-electron chi connectivity index (χ1n) is 9.88. The summed E-state index contributed by atoms with van der Waals surface area (Å²) < 4.78 is 6.29. The van der Waals surface area contributed by atoms with Crippen molar-refractivity contribution in [3.05, 3.63) is 66.4 Å². The van der Waals surface area contributed by atoms with Crippen LogP contribution in [-0.4, -0.2) is 43.7 Å². The molecule has 3 amide bonds. The summed E-state index contributed by atoms with van der Waals surface area (Å²) in [4.78, 5) is 37.1. The van der Waals surface area contributed by atoms with E-state index in [1.54, 1.807) is 31.4 Å². The van der Waals surface area contributed by atoms with Crippen molar-refractivity contribution in [2.45, 2.75) is 25.7 Å². The normalized spacial score (nSPS) is 14.1. The van der Waals surface area contributed by atoms with Crippen LogP contribution in [0.5, 0.6) is 5.75 Å². The summed E-state index contributed by atoms with van der Waals surface area (Å²) in [5.41, 5.74) is 1.22. The first kappa shape index (κ1) is 22.2. The molecule has 2 aromatic carbocycles. The Balaban J connectivity index is 1.83. The van der Waals surface area contributed by atoms with E-state index >= 15 is 0 Å². The van der Waals surface area contributed by atoms with Crippen molar-refractivity contribution in [3.8, 4) is 5.75 Å². The van der Waals surface area contributed by atoms with Gasteiger partial charge < -0.3 is 10.1 Å². The summed E-state index contributed by atoms with van der Waals surface area (Å²) in [5.74, 6) is -0.0468. The van der Waals surface area contributed by atoms with Crippen LogP contribution in [0.25, 0.3) is 0 Å². The SMILES string of the molecule is COc1ccc(C(NC(=O)[N+]2=CC(=O)C=C2)C(=O)Nc2ccc([Si](C)(C)C)cc2)cc1. The molecule has 2 N–H and O–H groups in total. The number of rotatable bonds is 6. The highest BCUT2D eigenvalue weighted by Crippen LogP contribution is 2.20. The number of urea groups is 1. The van der Waals surface area contributed by atoms with Gasteiger partial charge in [0.25, 0.3) is 5.91 Å². The number of ketones is 1. The third kappa shape index (κ3) is 5.55. The Morgan fingerprint density at radius 2 is 1.65 bits per heavy atom. The quantitative estimate of drug-likeness (QED) is 0.538. The van der Waals surface area contributed by atoms with Crippen LogP contribution in [0, 0.1) is 0 Å². The monoisotopic (exact) mass is 436 g/mol. The summed E-state index contributed by atoms with van der Waals surface area (Å²) in [6, 6.07) is 13.1. The van der Waals surface area contributed by atoms with Crippen LogP contribution < -0.4 is 20.6 Å². The summed E-state index contributed by atoms with van der Waals surface area (Å²) in [6.07, 6.45) is 3.80. The van der Waals surface area contributed by atoms with Crippen molar-refractivity contribution >= 4 is 42.9 Å². The second-order valence-electron chi connectivity index (χ2n) is 8.23. The lowest BCUT2D eigenvalue weighted by Gasteiger charge is -2.18. The van der Waals surface area contributed by atoms with Gasteiger partial charge in [0.1, 0.15) is 18.2 Å². The van der Waals surface area contributed by atoms with E-state index in [1.165, 1.54) is 17.5 Å². The standard InChI is InChI=1S/C23H25N3O4Si/c1-30-19-9-5-16(6-10-19)21(25-23(29)26-14-13-18(27)15-26)22(28)24-17-7-11-20(12-8-17)31(2,3)4/h5-15,21H,1-4H3,(H-,24,25,28,29)/p+1. The molecule has 31 heavy (non-hydrogen) atoms. The number of allylic oxidation sites excluding steroid dienone is 1. The summed E-state index contributed by atoms with van der Waals surface area (Å²) in [5, 5.41) is 6.85. The Kier molecular flexibility index (Phi) is 6.50. The second-order valence-corrected chi connectivity index (χ2v) is 13.3. The van der Waals surface area contributed by atoms with Crippen LogP contribution in [0.3, 0.4) is 0 Å². The number of nitrogens with zero attached hydrogens (tertiary/aromatic N) is 1. The molecule has 0 aromatic heterocycles. The van der Waals surface area contributed by atoms with Crippen LogP contribution in [-0.2, 0) is 9.59 Å². The fraction of sp³-hybridized carbons (Fsp3) is 0.217. The number of carbonyl (C=O) groups is 3. The minimum atomic E-state index is -1.45. The molecule has 0 radical (unpaired) electrons. The summed E-state index contributed by atoms with van der Waals surface area (Å²) in [7, 11) is 0.106. The van der Waals surface area contributed by atoms with Crippen molar-refractivity contribution in [1.82, 2.24) is 5.32 Å². The molecule has 3 rings (SSSR count). The number of hydrogen-bond acceptors (Lipinski definition) is 4. The van der Waals surface area contributed by atoms with Crippen molar-refractivity contribution in [2.24, 2.45) is 0 Å². The molecular formula is C23H26N3O4Si+. The Morgan fingerprint density at radius 3 is 2.16 bits per heavy atom. The van der Waals surface area contributed by atoms with E-state index in [0.717, 1.165) is 10.8 Å². The molecule has 2 aromatic rings. The van der Waals surface area contributed by atoms with Gasteiger partial charge in [0, 0.05) is 17.3 Å². The van der Waals surface area contributed by atoms with Gasteiger partial charge in [0.2, 0.25) is 11.8 Å². The van der Waals surface area contributed by atoms with Crippen LogP contribution in [0.2, 0.25) is 19.6 Å². The fourth-order valence-electron chi connectivity index (χ4n) is 3.07. The molecule has 0 saturated heterocycles. The molecule has 1 aliphatic heterocycles. The number of ether oxygens (including phenoxy) is 1. The number of hydrogen-bond donors (Lipinski definition) is 2. The number of anilines is 1. The van der Waals surface area contributed by atoms with E-state index in [-0.39, 0.29) is 5.78 Å². The van der Waals surface area contributed by atoms with Crippen LogP contribution >= 0.6 is 0 Å². The zero-order valence-corrected chi connectivity index (χ0v) is 19.0. The smallest absolute Gasteiger partial charge is 0.496 e. The lowest BCUT2D eigenvalue weighted by Crippen LogP contribution is -2.40. The topological polar surface area (TPSA) is 87.5 Å². The molecule has 1 unspecified atom stereocenters. The maximum atomic E-state index is 13.1. The molecule has 0 saturated carbocycles. The summed E-state index contributed by atoms with van der Waals surface area (Å²) in [6.45, 7) is 6.76. The van der Waals surface area contributed by atoms with E-state index in [0.29, 0.717) is 17.0 Å². The number of amides is 3. The van der Waals surface area contributed by atoms with Crippen LogP contribution in [0.1, 0.15) is 11.6 Å². The average molecular weight is 437 g/mol. The molecule has 8 heteroatoms. The van der Waals surface area contributed by atoms with Crippen molar-refractivity contribution in [2.75, 3.05) is 12.4 Å². The predicted molar refractivity (Wildman–Crippen MR) is 123 cm³/mol. The van der Waals surface area contributed by atoms with Gasteiger partial charge in [-0.15, -0.1) is 0 Å². The van der Waals surface area contributed by atoms with Crippen molar-refractivity contribution in [1.29, 1.82) is 0 Å². The zero-order chi connectivity index (χ0) is 22.6. The molecule has 0 bridgehead atoms. The van der Waals surface area contributed by atoms with E-state index in [1.807, 2.05) is 24.3 Å². The number of carbonyl (C=O) groups excluding carboxylic acids is 3. The van der Waals surface area contributed by atoms with Crippen LogP contribution in [0.4, 0.5) is 10.5 Å². The predicted octanol–water partition coefficient (Wildman–Crippen LogP) is 2.81. The minimum absolute atomic E-state index is 0.289. The van der Waals surface area contributed by atoms with Gasteiger partial charge in [-0.1, -0.05) is 49.1 Å². The number of methoxy groups -OCH3 is 1. The first-order valence-corrected chi connectivity index (χ1v) is 13.4. The van der Waals surface area contributed by atoms with Gasteiger partial charge in [0.05, 0.1) is 15.2 Å². The first-order chi connectivity index (χ1) is 14.7. The highest BCUT2D eigenvalue weighted by Gasteiger charge is 2.31. The fourth-order valence-corrected chi connectivity index (χ4v) is 4.23. The number of benzene rings is 2. The van der Waals surface area contributed by atoms with Gasteiger partial charge >= 0.3 is 6.03 Å². The Labute approximate surface area is 182 Å². The third-order valence-electron chi connectivity index (χ3n) is 4.90. The molecule has 0 aliphatic carbocycles. The van der Waals surface area contributed by atoms with Gasteiger partial charge in [-0.3, -0.25) is 9.59 Å². The maximum Gasteiger partial charge on any atom is 0.496 e. The molecule has 0 spiro atoms. The number of nitrogens with one attached hydrogen (secondary N) is 2. The minimum Gasteiger partial charge on any atom is -0.497 e. The lowest BCUT2D eigenvalue weighted by molar-refractivity contribution is -0.342. The van der Waals surface area contributed by atoms with Gasteiger partial charge in [-0.05, 0) is 24.3 Å². The summed E-state index contributed by atoms with van der Waals surface area (Å²) >= 11 is 0. The van der Waals surface area contributed by atoms with E-state index < -0.39 is 26.1 Å². The van der Waals surface area contributed by atoms with E-state index in [2.05, 4.69) is 30.3 Å². The molecule has 7 nitrogen and oxygen atoms in total. The molecule has 1 aliphatic rings.